The molecule has 3 nitrogen and oxygen atoms in total. The molecule has 0 N–H and O–H groups in total. The van der Waals surface area contributed by atoms with Crippen LogP contribution in [0.2, 0.25) is 0 Å². The van der Waals surface area contributed by atoms with E-state index in [0.29, 0.717) is 17.5 Å². The molecule has 0 fully saturated rings. The minimum Gasteiger partial charge on any atom is -0.208 e. The van der Waals surface area contributed by atoms with E-state index in [0.717, 1.165) is 33.0 Å². The molecular weight excluding hydrogens is 583 g/mol. The Labute approximate surface area is 278 Å². The summed E-state index contributed by atoms with van der Waals surface area (Å²) in [5, 5.41) is 7.19. The van der Waals surface area contributed by atoms with Crippen LogP contribution in [0, 0.1) is 0 Å². The molecule has 0 aliphatic rings. The summed E-state index contributed by atoms with van der Waals surface area (Å²) in [5.74, 6) is 1.95. The van der Waals surface area contributed by atoms with Gasteiger partial charge in [-0.1, -0.05) is 170 Å². The molecule has 0 unspecified atom stereocenters. The van der Waals surface area contributed by atoms with Crippen molar-refractivity contribution in [1.29, 1.82) is 0 Å². The van der Waals surface area contributed by atoms with Gasteiger partial charge in [0.25, 0.3) is 0 Å². The highest BCUT2D eigenvalue weighted by Crippen LogP contribution is 2.37. The summed E-state index contributed by atoms with van der Waals surface area (Å²) in [4.78, 5) is 15.2. The van der Waals surface area contributed by atoms with E-state index in [-0.39, 0.29) is 0 Å². The predicted octanol–water partition coefficient (Wildman–Crippen LogP) is 11.7. The maximum Gasteiger partial charge on any atom is 0.164 e. The Kier molecular flexibility index (Phi) is 6.80. The van der Waals surface area contributed by atoms with Crippen LogP contribution >= 0.6 is 0 Å². The van der Waals surface area contributed by atoms with E-state index < -0.39 is 0 Å². The molecule has 224 valence electrons. The molecule has 0 aliphatic heterocycles. The summed E-state index contributed by atoms with van der Waals surface area (Å²) < 4.78 is 0. The van der Waals surface area contributed by atoms with Gasteiger partial charge in [-0.15, -0.1) is 0 Å². The molecule has 0 saturated carbocycles. The SMILES string of the molecule is c1ccc(-c2nc(-c3ccc(-c4ccc5ccccc5c4)cc3)nc(-c3cccc4c(-c5cccc6ccccc56)cccc34)n2)cc1. The van der Waals surface area contributed by atoms with Gasteiger partial charge in [-0.3, -0.25) is 0 Å². The first-order valence-corrected chi connectivity index (χ1v) is 16.2. The molecule has 9 rings (SSSR count). The van der Waals surface area contributed by atoms with Gasteiger partial charge in [-0.2, -0.15) is 0 Å². The van der Waals surface area contributed by atoms with Gasteiger partial charge in [0.2, 0.25) is 0 Å². The van der Waals surface area contributed by atoms with E-state index in [1.54, 1.807) is 0 Å². The smallest absolute Gasteiger partial charge is 0.164 e. The van der Waals surface area contributed by atoms with Crippen LogP contribution in [0.4, 0.5) is 0 Å². The first kappa shape index (κ1) is 27.8. The molecule has 0 saturated heterocycles. The van der Waals surface area contributed by atoms with Gasteiger partial charge in [-0.05, 0) is 60.6 Å². The number of hydrogen-bond acceptors (Lipinski definition) is 3. The lowest BCUT2D eigenvalue weighted by Crippen LogP contribution is -2.00. The van der Waals surface area contributed by atoms with Crippen molar-refractivity contribution in [3.8, 4) is 56.4 Å². The summed E-state index contributed by atoms with van der Waals surface area (Å²) in [6.07, 6.45) is 0. The number of hydrogen-bond donors (Lipinski definition) is 0. The van der Waals surface area contributed by atoms with Crippen molar-refractivity contribution < 1.29 is 0 Å². The van der Waals surface area contributed by atoms with Crippen molar-refractivity contribution in [1.82, 2.24) is 15.0 Å². The fourth-order valence-electron chi connectivity index (χ4n) is 6.72. The highest BCUT2D eigenvalue weighted by molar-refractivity contribution is 6.08. The van der Waals surface area contributed by atoms with Crippen LogP contribution in [0.1, 0.15) is 0 Å². The van der Waals surface area contributed by atoms with Crippen LogP contribution in [0.15, 0.2) is 176 Å². The maximum atomic E-state index is 5.12. The molecule has 0 amide bonds. The average molecular weight is 612 g/mol. The quantitative estimate of drug-likeness (QED) is 0.194. The fourth-order valence-corrected chi connectivity index (χ4v) is 6.72. The fraction of sp³-hybridized carbons (Fsp3) is 0. The second kappa shape index (κ2) is 11.7. The van der Waals surface area contributed by atoms with Crippen molar-refractivity contribution >= 4 is 32.3 Å². The molecule has 48 heavy (non-hydrogen) atoms. The maximum absolute atomic E-state index is 5.12. The molecule has 0 atom stereocenters. The summed E-state index contributed by atoms with van der Waals surface area (Å²) in [5.41, 5.74) is 7.60. The lowest BCUT2D eigenvalue weighted by Gasteiger charge is -2.14. The third kappa shape index (κ3) is 4.99. The van der Waals surface area contributed by atoms with Crippen LogP contribution in [-0.2, 0) is 0 Å². The molecule has 3 heteroatoms. The summed E-state index contributed by atoms with van der Waals surface area (Å²) in [6.45, 7) is 0. The summed E-state index contributed by atoms with van der Waals surface area (Å²) in [6, 6.07) is 61.7. The third-order valence-electron chi connectivity index (χ3n) is 9.14. The molecule has 9 aromatic rings. The van der Waals surface area contributed by atoms with Crippen molar-refractivity contribution in [3.63, 3.8) is 0 Å². The Hall–Kier alpha value is -6.45. The molecule has 0 radical (unpaired) electrons. The van der Waals surface area contributed by atoms with E-state index in [1.165, 1.54) is 38.2 Å². The molecule has 0 aliphatic carbocycles. The zero-order valence-electron chi connectivity index (χ0n) is 26.1. The molecule has 1 aromatic heterocycles. The largest absolute Gasteiger partial charge is 0.208 e. The molecule has 8 aromatic carbocycles. The second-order valence-electron chi connectivity index (χ2n) is 12.0. The zero-order valence-corrected chi connectivity index (χ0v) is 26.1. The first-order chi connectivity index (χ1) is 23.8. The van der Waals surface area contributed by atoms with E-state index in [1.807, 2.05) is 30.3 Å². The van der Waals surface area contributed by atoms with Gasteiger partial charge in [0.05, 0.1) is 0 Å². The van der Waals surface area contributed by atoms with E-state index >= 15 is 0 Å². The number of benzene rings is 8. The lowest BCUT2D eigenvalue weighted by molar-refractivity contribution is 1.08. The topological polar surface area (TPSA) is 38.7 Å². The average Bonchev–Trinajstić information content (AvgIpc) is 3.17. The minimum absolute atomic E-state index is 0.645. The number of fused-ring (bicyclic) bond motifs is 3. The van der Waals surface area contributed by atoms with Gasteiger partial charge in [0, 0.05) is 16.7 Å². The van der Waals surface area contributed by atoms with Crippen LogP contribution in [0.25, 0.3) is 88.7 Å². The van der Waals surface area contributed by atoms with Crippen LogP contribution in [-0.4, -0.2) is 15.0 Å². The molecular formula is C45H29N3. The van der Waals surface area contributed by atoms with E-state index in [2.05, 4.69) is 146 Å². The van der Waals surface area contributed by atoms with Crippen molar-refractivity contribution in [2.24, 2.45) is 0 Å². The molecule has 0 spiro atoms. The number of rotatable bonds is 5. The second-order valence-corrected chi connectivity index (χ2v) is 12.0. The van der Waals surface area contributed by atoms with Gasteiger partial charge < -0.3 is 0 Å². The zero-order chi connectivity index (χ0) is 31.9. The third-order valence-corrected chi connectivity index (χ3v) is 9.14. The van der Waals surface area contributed by atoms with Gasteiger partial charge in [0.15, 0.2) is 17.5 Å². The Bertz CT molecular complexity index is 2600. The highest BCUT2D eigenvalue weighted by Gasteiger charge is 2.16. The number of aromatic nitrogens is 3. The standard InChI is InChI=1S/C45H29N3/c1-2-13-33(14-3-1)43-46-44(34-26-23-31(24-27-34)36-28-25-30-11-4-5-15-35(30)29-36)48-45(47-43)42-22-10-20-40-39(19-9-21-41(40)42)38-18-8-16-32-12-6-7-17-37(32)38/h1-29H. The van der Waals surface area contributed by atoms with Crippen molar-refractivity contribution in [3.05, 3.63) is 176 Å². The van der Waals surface area contributed by atoms with E-state index in [4.69, 9.17) is 15.0 Å². The Balaban J connectivity index is 1.18. The monoisotopic (exact) mass is 611 g/mol. The summed E-state index contributed by atoms with van der Waals surface area (Å²) >= 11 is 0. The molecule has 1 heterocycles. The number of nitrogens with zero attached hydrogens (tertiary/aromatic N) is 3. The van der Waals surface area contributed by atoms with Crippen LogP contribution in [0.5, 0.6) is 0 Å². The van der Waals surface area contributed by atoms with Crippen molar-refractivity contribution in [2.45, 2.75) is 0 Å². The van der Waals surface area contributed by atoms with Crippen molar-refractivity contribution in [2.75, 3.05) is 0 Å². The molecule has 0 bridgehead atoms. The van der Waals surface area contributed by atoms with Gasteiger partial charge in [-0.25, -0.2) is 15.0 Å². The Morgan fingerprint density at radius 1 is 0.250 bits per heavy atom. The Morgan fingerprint density at radius 2 is 0.729 bits per heavy atom. The highest BCUT2D eigenvalue weighted by atomic mass is 15.0. The summed E-state index contributed by atoms with van der Waals surface area (Å²) in [7, 11) is 0. The van der Waals surface area contributed by atoms with Crippen LogP contribution in [0.3, 0.4) is 0 Å². The van der Waals surface area contributed by atoms with Gasteiger partial charge >= 0.3 is 0 Å². The lowest BCUT2D eigenvalue weighted by atomic mass is 9.92. The minimum atomic E-state index is 0.645. The first-order valence-electron chi connectivity index (χ1n) is 16.2. The van der Waals surface area contributed by atoms with E-state index in [9.17, 15) is 0 Å². The van der Waals surface area contributed by atoms with Gasteiger partial charge in [0.1, 0.15) is 0 Å². The van der Waals surface area contributed by atoms with Crippen LogP contribution < -0.4 is 0 Å². The Morgan fingerprint density at radius 3 is 1.50 bits per heavy atom. The normalized spacial score (nSPS) is 11.3. The predicted molar refractivity (Wildman–Crippen MR) is 200 cm³/mol.